The molecule has 0 unspecified atom stereocenters. The van der Waals surface area contributed by atoms with E-state index in [1.54, 1.807) is 0 Å². The summed E-state index contributed by atoms with van der Waals surface area (Å²) in [4.78, 5) is 10.1. The van der Waals surface area contributed by atoms with Crippen LogP contribution in [0.3, 0.4) is 0 Å². The van der Waals surface area contributed by atoms with Gasteiger partial charge >= 0.3 is 5.97 Å². The minimum absolute atomic E-state index is 0.0138. The van der Waals surface area contributed by atoms with E-state index in [2.05, 4.69) is 0 Å². The molecule has 12 heavy (non-hydrogen) atoms. The maximum Gasteiger partial charge on any atom is 0.303 e. The van der Waals surface area contributed by atoms with Gasteiger partial charge in [0.2, 0.25) is 0 Å². The molecule has 0 aliphatic rings. The van der Waals surface area contributed by atoms with Gasteiger partial charge in [0.25, 0.3) is 0 Å². The van der Waals surface area contributed by atoms with Crippen LogP contribution in [-0.4, -0.2) is 34.0 Å². The Morgan fingerprint density at radius 3 is 2.42 bits per heavy atom. The number of aliphatic carboxylic acids is 1. The molecule has 0 saturated heterocycles. The minimum atomic E-state index is -0.799. The molecule has 0 spiro atoms. The van der Waals surface area contributed by atoms with Crippen LogP contribution in [-0.2, 0) is 4.79 Å². The first-order chi connectivity index (χ1) is 5.66. The highest BCUT2D eigenvalue weighted by Crippen LogP contribution is 2.05. The molecule has 4 heteroatoms. The fraction of sp³-hybridized carbons (Fsp3) is 0.875. The molecule has 0 heterocycles. The highest BCUT2D eigenvalue weighted by molar-refractivity contribution is 5.66. The fourth-order valence-corrected chi connectivity index (χ4v) is 0.950. The smallest absolute Gasteiger partial charge is 0.303 e. The van der Waals surface area contributed by atoms with Crippen LogP contribution in [0.4, 0.5) is 0 Å². The van der Waals surface area contributed by atoms with E-state index in [0.29, 0.717) is 25.7 Å². The molecule has 1 atom stereocenters. The van der Waals surface area contributed by atoms with Crippen LogP contribution in [0.25, 0.3) is 0 Å². The molecule has 72 valence electrons. The van der Waals surface area contributed by atoms with E-state index in [1.807, 2.05) is 0 Å². The molecule has 0 aromatic carbocycles. The molecule has 0 rings (SSSR count). The van der Waals surface area contributed by atoms with Gasteiger partial charge in [0.1, 0.15) is 0 Å². The second-order valence-corrected chi connectivity index (χ2v) is 2.81. The van der Waals surface area contributed by atoms with Crippen molar-refractivity contribution in [2.45, 2.75) is 38.2 Å². The van der Waals surface area contributed by atoms with Gasteiger partial charge in [0.15, 0.2) is 0 Å². The van der Waals surface area contributed by atoms with Crippen LogP contribution in [0.5, 0.6) is 0 Å². The summed E-state index contributed by atoms with van der Waals surface area (Å²) in [6, 6.07) is 0. The Balaban J connectivity index is 3.13. The van der Waals surface area contributed by atoms with Crippen molar-refractivity contribution >= 4 is 5.97 Å². The van der Waals surface area contributed by atoms with Gasteiger partial charge in [0, 0.05) is 13.0 Å². The maximum absolute atomic E-state index is 10.1. The monoisotopic (exact) mass is 176 g/mol. The molecule has 0 aliphatic carbocycles. The van der Waals surface area contributed by atoms with Crippen molar-refractivity contribution in [3.8, 4) is 0 Å². The minimum Gasteiger partial charge on any atom is -0.481 e. The molecule has 0 amide bonds. The Labute approximate surface area is 71.8 Å². The third-order valence-corrected chi connectivity index (χ3v) is 1.64. The van der Waals surface area contributed by atoms with Gasteiger partial charge in [-0.1, -0.05) is 6.42 Å². The second kappa shape index (κ2) is 7.06. The van der Waals surface area contributed by atoms with E-state index in [9.17, 15) is 4.79 Å². The van der Waals surface area contributed by atoms with Crippen molar-refractivity contribution in [3.05, 3.63) is 0 Å². The number of carbonyl (C=O) groups is 1. The first kappa shape index (κ1) is 11.4. The Hall–Kier alpha value is -0.610. The normalized spacial score (nSPS) is 12.8. The summed E-state index contributed by atoms with van der Waals surface area (Å²) >= 11 is 0. The second-order valence-electron chi connectivity index (χ2n) is 2.81. The molecule has 0 bridgehead atoms. The third kappa shape index (κ3) is 7.50. The van der Waals surface area contributed by atoms with Crippen LogP contribution in [0, 0.1) is 0 Å². The molecule has 0 aromatic rings. The van der Waals surface area contributed by atoms with Crippen LogP contribution in [0.1, 0.15) is 32.1 Å². The van der Waals surface area contributed by atoms with Crippen LogP contribution >= 0.6 is 0 Å². The standard InChI is InChI=1S/C8H16O4/c9-6-5-7(10)3-1-2-4-8(11)12/h7,9-10H,1-6H2,(H,11,12)/t7-/m1/s1. The molecule has 0 radical (unpaired) electrons. The zero-order valence-electron chi connectivity index (χ0n) is 7.07. The van der Waals surface area contributed by atoms with Gasteiger partial charge in [-0.05, 0) is 19.3 Å². The van der Waals surface area contributed by atoms with E-state index in [0.717, 1.165) is 0 Å². The number of hydrogen-bond donors (Lipinski definition) is 3. The fourth-order valence-electron chi connectivity index (χ4n) is 0.950. The summed E-state index contributed by atoms with van der Waals surface area (Å²) in [5, 5.41) is 25.8. The number of carboxylic acids is 1. The van der Waals surface area contributed by atoms with Gasteiger partial charge in [-0.2, -0.15) is 0 Å². The molecular formula is C8H16O4. The summed E-state index contributed by atoms with van der Waals surface area (Å²) in [6.45, 7) is -0.0138. The number of hydrogen-bond acceptors (Lipinski definition) is 3. The Morgan fingerprint density at radius 2 is 1.92 bits per heavy atom. The van der Waals surface area contributed by atoms with E-state index in [-0.39, 0.29) is 13.0 Å². The van der Waals surface area contributed by atoms with Gasteiger partial charge in [-0.3, -0.25) is 4.79 Å². The average molecular weight is 176 g/mol. The molecule has 0 saturated carbocycles. The molecule has 4 nitrogen and oxygen atoms in total. The quantitative estimate of drug-likeness (QED) is 0.490. The highest BCUT2D eigenvalue weighted by atomic mass is 16.4. The van der Waals surface area contributed by atoms with E-state index in [1.165, 1.54) is 0 Å². The Bertz CT molecular complexity index is 124. The van der Waals surface area contributed by atoms with Crippen molar-refractivity contribution < 1.29 is 20.1 Å². The van der Waals surface area contributed by atoms with Crippen LogP contribution in [0.2, 0.25) is 0 Å². The SMILES string of the molecule is O=C(O)CCCC[C@@H](O)CCO. The summed E-state index contributed by atoms with van der Waals surface area (Å²) in [7, 11) is 0. The maximum atomic E-state index is 10.1. The number of aliphatic hydroxyl groups excluding tert-OH is 2. The molecule has 0 aliphatic heterocycles. The number of rotatable bonds is 7. The third-order valence-electron chi connectivity index (χ3n) is 1.64. The Kier molecular flexibility index (Phi) is 6.70. The van der Waals surface area contributed by atoms with E-state index in [4.69, 9.17) is 15.3 Å². The number of carboxylic acid groups (broad SMARTS) is 1. The lowest BCUT2D eigenvalue weighted by molar-refractivity contribution is -0.137. The van der Waals surface area contributed by atoms with Gasteiger partial charge in [-0.25, -0.2) is 0 Å². The largest absolute Gasteiger partial charge is 0.481 e. The van der Waals surface area contributed by atoms with Gasteiger partial charge < -0.3 is 15.3 Å². The average Bonchev–Trinajstić information content (AvgIpc) is 1.98. The van der Waals surface area contributed by atoms with E-state index >= 15 is 0 Å². The molecular weight excluding hydrogens is 160 g/mol. The molecule has 3 N–H and O–H groups in total. The lowest BCUT2D eigenvalue weighted by Gasteiger charge is -2.06. The topological polar surface area (TPSA) is 77.8 Å². The predicted molar refractivity (Wildman–Crippen MR) is 43.8 cm³/mol. The lowest BCUT2D eigenvalue weighted by Crippen LogP contribution is -2.08. The summed E-state index contributed by atoms with van der Waals surface area (Å²) in [5.74, 6) is -0.799. The number of aliphatic hydroxyl groups is 2. The zero-order valence-corrected chi connectivity index (χ0v) is 7.07. The van der Waals surface area contributed by atoms with Crippen molar-refractivity contribution in [2.75, 3.05) is 6.61 Å². The van der Waals surface area contributed by atoms with Crippen molar-refractivity contribution in [3.63, 3.8) is 0 Å². The first-order valence-corrected chi connectivity index (χ1v) is 4.17. The van der Waals surface area contributed by atoms with Gasteiger partial charge in [0.05, 0.1) is 6.10 Å². The zero-order chi connectivity index (χ0) is 9.40. The van der Waals surface area contributed by atoms with Gasteiger partial charge in [-0.15, -0.1) is 0 Å². The van der Waals surface area contributed by atoms with E-state index < -0.39 is 12.1 Å². The van der Waals surface area contributed by atoms with Crippen molar-refractivity contribution in [1.29, 1.82) is 0 Å². The highest BCUT2D eigenvalue weighted by Gasteiger charge is 2.03. The van der Waals surface area contributed by atoms with Crippen molar-refractivity contribution in [2.24, 2.45) is 0 Å². The van der Waals surface area contributed by atoms with Crippen LogP contribution < -0.4 is 0 Å². The summed E-state index contributed by atoms with van der Waals surface area (Å²) in [5.41, 5.74) is 0. The van der Waals surface area contributed by atoms with Crippen molar-refractivity contribution in [1.82, 2.24) is 0 Å². The summed E-state index contributed by atoms with van der Waals surface area (Å²) < 4.78 is 0. The first-order valence-electron chi connectivity index (χ1n) is 4.17. The van der Waals surface area contributed by atoms with Crippen LogP contribution in [0.15, 0.2) is 0 Å². The lowest BCUT2D eigenvalue weighted by atomic mass is 10.1. The Morgan fingerprint density at radius 1 is 1.25 bits per heavy atom. The number of unbranched alkanes of at least 4 members (excludes halogenated alkanes) is 1. The molecule has 0 fully saturated rings. The molecule has 0 aromatic heterocycles. The summed E-state index contributed by atoms with van der Waals surface area (Å²) in [6.07, 6.45) is 1.93. The predicted octanol–water partition coefficient (Wildman–Crippen LogP) is 0.375.